The normalized spacial score (nSPS) is 12.8. The number of halogens is 1. The largest absolute Gasteiger partial charge is 0.508 e. The monoisotopic (exact) mass is 357 g/mol. The fourth-order valence-electron chi connectivity index (χ4n) is 2.56. The number of rotatable bonds is 3. The number of carbonyl (C=O) groups excluding carboxylic acids is 1. The van der Waals surface area contributed by atoms with Crippen molar-refractivity contribution in [3.8, 4) is 11.6 Å². The van der Waals surface area contributed by atoms with Crippen molar-refractivity contribution in [2.24, 2.45) is 10.2 Å². The van der Waals surface area contributed by atoms with Crippen LogP contribution in [-0.4, -0.2) is 21.1 Å². The maximum absolute atomic E-state index is 12.3. The van der Waals surface area contributed by atoms with Gasteiger partial charge in [0.25, 0.3) is 5.91 Å². The zero-order valence-corrected chi connectivity index (χ0v) is 14.4. The minimum atomic E-state index is -0.533. The lowest BCUT2D eigenvalue weighted by atomic mass is 10.0. The molecule has 1 atom stereocenters. The van der Waals surface area contributed by atoms with Crippen molar-refractivity contribution in [1.82, 2.24) is 4.98 Å². The average Bonchev–Trinajstić information content (AvgIpc) is 2.94. The standard InChI is InChI=1S/C18H16ClN3O3/c1-9-3-8-13(19)14-15(9)20-18(25)16(14)21-22-17(24)10(2)11-4-6-12(23)7-5-11/h3-8,10,20,23,25H,1-2H3. The summed E-state index contributed by atoms with van der Waals surface area (Å²) in [6.45, 7) is 3.56. The van der Waals surface area contributed by atoms with E-state index in [1.807, 2.05) is 13.0 Å². The number of phenolic OH excluding ortho intramolecular Hbond substituents is 1. The number of aromatic hydroxyl groups is 2. The Bertz CT molecular complexity index is 977. The fourth-order valence-corrected chi connectivity index (χ4v) is 2.81. The molecular formula is C18H16ClN3O3. The maximum Gasteiger partial charge on any atom is 0.271 e. The number of H-pyrrole nitrogens is 1. The second-order valence-electron chi connectivity index (χ2n) is 5.79. The van der Waals surface area contributed by atoms with Gasteiger partial charge in [-0.25, -0.2) is 0 Å². The number of aromatic nitrogens is 1. The first-order valence-electron chi connectivity index (χ1n) is 7.62. The van der Waals surface area contributed by atoms with Crippen LogP contribution in [0.1, 0.15) is 24.0 Å². The van der Waals surface area contributed by atoms with Crippen molar-refractivity contribution in [3.63, 3.8) is 0 Å². The van der Waals surface area contributed by atoms with Crippen LogP contribution in [0.5, 0.6) is 11.6 Å². The smallest absolute Gasteiger partial charge is 0.271 e. The highest BCUT2D eigenvalue weighted by atomic mass is 35.5. The summed E-state index contributed by atoms with van der Waals surface area (Å²) < 4.78 is 0. The number of aryl methyl sites for hydroxylation is 1. The van der Waals surface area contributed by atoms with E-state index in [4.69, 9.17) is 11.6 Å². The highest BCUT2D eigenvalue weighted by Gasteiger charge is 2.18. The Morgan fingerprint density at radius 2 is 1.84 bits per heavy atom. The maximum atomic E-state index is 12.3. The number of benzene rings is 2. The van der Waals surface area contributed by atoms with E-state index >= 15 is 0 Å². The summed E-state index contributed by atoms with van der Waals surface area (Å²) in [6, 6.07) is 9.83. The summed E-state index contributed by atoms with van der Waals surface area (Å²) >= 11 is 6.19. The minimum absolute atomic E-state index is 0.124. The van der Waals surface area contributed by atoms with Crippen molar-refractivity contribution >= 4 is 34.1 Å². The highest BCUT2D eigenvalue weighted by molar-refractivity contribution is 6.36. The number of amides is 1. The molecule has 1 unspecified atom stereocenters. The number of fused-ring (bicyclic) bond motifs is 1. The number of aromatic amines is 1. The first-order chi connectivity index (χ1) is 11.9. The second kappa shape index (κ2) is 6.57. The van der Waals surface area contributed by atoms with Crippen molar-refractivity contribution in [3.05, 3.63) is 52.5 Å². The molecule has 0 radical (unpaired) electrons. The molecule has 25 heavy (non-hydrogen) atoms. The topological polar surface area (TPSA) is 98.0 Å². The Kier molecular flexibility index (Phi) is 4.46. The molecule has 2 aromatic carbocycles. The Hall–Kier alpha value is -2.86. The third kappa shape index (κ3) is 3.21. The first kappa shape index (κ1) is 17.0. The molecule has 3 aromatic rings. The molecule has 0 saturated carbocycles. The van der Waals surface area contributed by atoms with Crippen LogP contribution in [0, 0.1) is 6.92 Å². The number of nitrogens with one attached hydrogen (secondary N) is 1. The first-order valence-corrected chi connectivity index (χ1v) is 8.00. The molecule has 3 rings (SSSR count). The van der Waals surface area contributed by atoms with E-state index in [9.17, 15) is 15.0 Å². The van der Waals surface area contributed by atoms with Gasteiger partial charge in [-0.15, -0.1) is 10.2 Å². The summed E-state index contributed by atoms with van der Waals surface area (Å²) in [7, 11) is 0. The van der Waals surface area contributed by atoms with Gasteiger partial charge < -0.3 is 15.2 Å². The van der Waals surface area contributed by atoms with Crippen LogP contribution in [0.4, 0.5) is 5.69 Å². The molecule has 7 heteroatoms. The zero-order valence-electron chi connectivity index (χ0n) is 13.6. The number of hydrogen-bond acceptors (Lipinski definition) is 4. The van der Waals surface area contributed by atoms with Gasteiger partial charge in [0.1, 0.15) is 5.75 Å². The summed E-state index contributed by atoms with van der Waals surface area (Å²) in [6.07, 6.45) is 0. The lowest BCUT2D eigenvalue weighted by Gasteiger charge is -2.06. The number of nitrogens with zero attached hydrogens (tertiary/aromatic N) is 2. The quantitative estimate of drug-likeness (QED) is 0.578. The molecule has 128 valence electrons. The van der Waals surface area contributed by atoms with E-state index in [1.165, 1.54) is 12.1 Å². The van der Waals surface area contributed by atoms with Crippen molar-refractivity contribution in [1.29, 1.82) is 0 Å². The summed E-state index contributed by atoms with van der Waals surface area (Å²) in [5, 5.41) is 28.0. The van der Waals surface area contributed by atoms with E-state index in [0.717, 1.165) is 5.56 Å². The van der Waals surface area contributed by atoms with Crippen LogP contribution in [0.15, 0.2) is 46.6 Å². The molecule has 0 bridgehead atoms. The molecular weight excluding hydrogens is 342 g/mol. The third-order valence-electron chi connectivity index (χ3n) is 4.08. The molecule has 3 N–H and O–H groups in total. The lowest BCUT2D eigenvalue weighted by Crippen LogP contribution is -2.05. The van der Waals surface area contributed by atoms with Gasteiger partial charge in [-0.05, 0) is 43.2 Å². The summed E-state index contributed by atoms with van der Waals surface area (Å²) in [5.41, 5.74) is 2.38. The van der Waals surface area contributed by atoms with Crippen LogP contribution in [0.3, 0.4) is 0 Å². The predicted octanol–water partition coefficient (Wildman–Crippen LogP) is 4.95. The Balaban J connectivity index is 1.93. The molecule has 0 fully saturated rings. The Morgan fingerprint density at radius 1 is 1.16 bits per heavy atom. The van der Waals surface area contributed by atoms with Crippen molar-refractivity contribution in [2.75, 3.05) is 0 Å². The van der Waals surface area contributed by atoms with Gasteiger partial charge in [0.15, 0.2) is 5.69 Å². The van der Waals surface area contributed by atoms with Crippen LogP contribution >= 0.6 is 11.6 Å². The molecule has 0 aliphatic heterocycles. The van der Waals surface area contributed by atoms with Gasteiger partial charge in [0, 0.05) is 0 Å². The Labute approximate surface area is 148 Å². The van der Waals surface area contributed by atoms with E-state index in [1.54, 1.807) is 25.1 Å². The van der Waals surface area contributed by atoms with Gasteiger partial charge in [0.2, 0.25) is 5.88 Å². The third-order valence-corrected chi connectivity index (χ3v) is 4.39. The molecule has 0 aliphatic rings. The van der Waals surface area contributed by atoms with Gasteiger partial charge >= 0.3 is 0 Å². The highest BCUT2D eigenvalue weighted by Crippen LogP contribution is 2.41. The average molecular weight is 358 g/mol. The zero-order chi connectivity index (χ0) is 18.1. The molecule has 1 aromatic heterocycles. The van der Waals surface area contributed by atoms with Crippen LogP contribution in [0.25, 0.3) is 10.9 Å². The van der Waals surface area contributed by atoms with Gasteiger partial charge in [0.05, 0.1) is 21.8 Å². The minimum Gasteiger partial charge on any atom is -0.508 e. The molecule has 0 spiro atoms. The molecule has 1 heterocycles. The fraction of sp³-hybridized carbons (Fsp3) is 0.167. The van der Waals surface area contributed by atoms with Crippen molar-refractivity contribution < 1.29 is 15.0 Å². The Morgan fingerprint density at radius 3 is 2.52 bits per heavy atom. The molecule has 0 saturated heterocycles. The lowest BCUT2D eigenvalue weighted by molar-refractivity contribution is -0.119. The van der Waals surface area contributed by atoms with E-state index in [2.05, 4.69) is 15.2 Å². The SMILES string of the molecule is Cc1ccc(Cl)c2c(N=NC(=O)C(C)c3ccc(O)cc3)c(O)[nH]c12. The molecule has 1 amide bonds. The van der Waals surface area contributed by atoms with E-state index < -0.39 is 11.8 Å². The number of carbonyl (C=O) groups is 1. The predicted molar refractivity (Wildman–Crippen MR) is 95.8 cm³/mol. The number of phenols is 1. The number of hydrogen-bond donors (Lipinski definition) is 3. The van der Waals surface area contributed by atoms with Crippen LogP contribution in [-0.2, 0) is 4.79 Å². The van der Waals surface area contributed by atoms with Crippen LogP contribution < -0.4 is 0 Å². The summed E-state index contributed by atoms with van der Waals surface area (Å²) in [4.78, 5) is 15.1. The summed E-state index contributed by atoms with van der Waals surface area (Å²) in [5.74, 6) is -1.07. The van der Waals surface area contributed by atoms with Gasteiger partial charge in [-0.3, -0.25) is 4.79 Å². The van der Waals surface area contributed by atoms with Crippen LogP contribution in [0.2, 0.25) is 5.02 Å². The van der Waals surface area contributed by atoms with Gasteiger partial charge in [-0.2, -0.15) is 0 Å². The van der Waals surface area contributed by atoms with E-state index in [0.29, 0.717) is 21.5 Å². The molecule has 6 nitrogen and oxygen atoms in total. The molecule has 0 aliphatic carbocycles. The number of azo groups is 1. The van der Waals surface area contributed by atoms with Crippen molar-refractivity contribution in [2.45, 2.75) is 19.8 Å². The van der Waals surface area contributed by atoms with Gasteiger partial charge in [-0.1, -0.05) is 29.8 Å². The second-order valence-corrected chi connectivity index (χ2v) is 6.20. The van der Waals surface area contributed by atoms with E-state index in [-0.39, 0.29) is 17.3 Å².